The molecule has 2 N–H and O–H groups in total. The molecule has 0 amide bonds. The van der Waals surface area contributed by atoms with E-state index < -0.39 is 0 Å². The van der Waals surface area contributed by atoms with Gasteiger partial charge in [0.05, 0.1) is 30.0 Å². The molecule has 1 fully saturated rings. The highest BCUT2D eigenvalue weighted by Crippen LogP contribution is 2.34. The number of aromatic nitrogens is 4. The van der Waals surface area contributed by atoms with Crippen LogP contribution in [0.4, 0.5) is 16.2 Å². The monoisotopic (exact) mass is 424 g/mol. The Morgan fingerprint density at radius 2 is 1.80 bits per heavy atom. The van der Waals surface area contributed by atoms with Gasteiger partial charge in [0, 0.05) is 23.7 Å². The van der Waals surface area contributed by atoms with E-state index in [0.717, 1.165) is 5.56 Å². The number of hydrogen-bond donors (Lipinski definition) is 1. The lowest BCUT2D eigenvalue weighted by Crippen LogP contribution is -2.37. The topological polar surface area (TPSA) is 82.1 Å². The Bertz CT molecular complexity index is 1220. The summed E-state index contributed by atoms with van der Waals surface area (Å²) < 4.78 is 20.7. The molecular weight excluding hydrogens is 407 g/mol. The molecule has 0 radical (unpaired) electrons. The molecule has 7 nitrogen and oxygen atoms in total. The van der Waals surface area contributed by atoms with E-state index in [1.807, 2.05) is 12.1 Å². The molecule has 9 heteroatoms. The number of morpholine rings is 1. The molecule has 0 saturated carbocycles. The van der Waals surface area contributed by atoms with Gasteiger partial charge in [-0.3, -0.25) is 0 Å². The Morgan fingerprint density at radius 1 is 1.03 bits per heavy atom. The van der Waals surface area contributed by atoms with Crippen molar-refractivity contribution in [2.45, 2.75) is 0 Å². The van der Waals surface area contributed by atoms with Crippen LogP contribution in [0.5, 0.6) is 0 Å². The van der Waals surface area contributed by atoms with Gasteiger partial charge >= 0.3 is 0 Å². The van der Waals surface area contributed by atoms with Crippen LogP contribution >= 0.6 is 11.6 Å². The van der Waals surface area contributed by atoms with Crippen molar-refractivity contribution in [3.8, 4) is 16.9 Å². The lowest BCUT2D eigenvalue weighted by Gasteiger charge is -2.27. The fourth-order valence-corrected chi connectivity index (χ4v) is 3.65. The second-order valence-electron chi connectivity index (χ2n) is 6.95. The van der Waals surface area contributed by atoms with Crippen LogP contribution in [0.2, 0.25) is 5.02 Å². The van der Waals surface area contributed by atoms with Gasteiger partial charge in [0.2, 0.25) is 5.95 Å². The van der Waals surface area contributed by atoms with E-state index in [2.05, 4.69) is 15.0 Å². The van der Waals surface area contributed by atoms with Crippen molar-refractivity contribution in [3.05, 3.63) is 59.4 Å². The van der Waals surface area contributed by atoms with Gasteiger partial charge in [-0.2, -0.15) is 4.98 Å². The van der Waals surface area contributed by atoms with Gasteiger partial charge in [-0.15, -0.1) is 5.10 Å². The van der Waals surface area contributed by atoms with E-state index in [1.165, 1.54) is 16.8 Å². The Balaban J connectivity index is 1.74. The van der Waals surface area contributed by atoms with Gasteiger partial charge in [0.15, 0.2) is 5.65 Å². The SMILES string of the molecule is Nc1c2c(-c3ccc(Cl)cc3)nc(N3CCOCC3)nc2nn1-c1cccc(F)c1. The zero-order valence-electron chi connectivity index (χ0n) is 15.9. The van der Waals surface area contributed by atoms with Crippen molar-refractivity contribution >= 4 is 34.4 Å². The molecule has 0 unspecified atom stereocenters. The third-order valence-electron chi connectivity index (χ3n) is 5.02. The molecule has 4 aromatic rings. The number of halogens is 2. The largest absolute Gasteiger partial charge is 0.383 e. The quantitative estimate of drug-likeness (QED) is 0.540. The summed E-state index contributed by atoms with van der Waals surface area (Å²) in [5.74, 6) is 0.526. The normalized spacial score (nSPS) is 14.4. The van der Waals surface area contributed by atoms with E-state index in [0.29, 0.717) is 65.5 Å². The number of nitrogen functional groups attached to an aromatic ring is 1. The minimum atomic E-state index is -0.371. The van der Waals surface area contributed by atoms with Crippen LogP contribution in [0, 0.1) is 5.82 Å². The molecule has 30 heavy (non-hydrogen) atoms. The summed E-state index contributed by atoms with van der Waals surface area (Å²) >= 11 is 6.07. The highest BCUT2D eigenvalue weighted by molar-refractivity contribution is 6.30. The first-order valence-electron chi connectivity index (χ1n) is 9.51. The lowest BCUT2D eigenvalue weighted by molar-refractivity contribution is 0.122. The molecule has 5 rings (SSSR count). The van der Waals surface area contributed by atoms with Gasteiger partial charge in [0.1, 0.15) is 11.6 Å². The number of ether oxygens (including phenoxy) is 1. The van der Waals surface area contributed by atoms with Crippen LogP contribution in [0.1, 0.15) is 0 Å². The molecule has 3 heterocycles. The standard InChI is InChI=1S/C21H18ClFN6O/c22-14-6-4-13(5-7-14)18-17-19(24)29(16-3-1-2-15(23)12-16)27-20(17)26-21(25-18)28-8-10-30-11-9-28/h1-7,12H,8-11,24H2. The van der Waals surface area contributed by atoms with Gasteiger partial charge in [-0.05, 0) is 30.3 Å². The fourth-order valence-electron chi connectivity index (χ4n) is 3.53. The van der Waals surface area contributed by atoms with E-state index >= 15 is 0 Å². The Labute approximate surface area is 176 Å². The van der Waals surface area contributed by atoms with Crippen LogP contribution in [0.25, 0.3) is 28.0 Å². The van der Waals surface area contributed by atoms with Crippen molar-refractivity contribution in [2.75, 3.05) is 36.9 Å². The maximum Gasteiger partial charge on any atom is 0.228 e. The number of rotatable bonds is 3. The zero-order chi connectivity index (χ0) is 20.7. The fraction of sp³-hybridized carbons (Fsp3) is 0.190. The summed E-state index contributed by atoms with van der Waals surface area (Å²) in [6, 6.07) is 13.5. The Morgan fingerprint density at radius 3 is 2.53 bits per heavy atom. The molecule has 1 aliphatic heterocycles. The van der Waals surface area contributed by atoms with Crippen molar-refractivity contribution in [2.24, 2.45) is 0 Å². The summed E-state index contributed by atoms with van der Waals surface area (Å²) in [5, 5.41) is 5.81. The Hall–Kier alpha value is -3.23. The highest BCUT2D eigenvalue weighted by Gasteiger charge is 2.22. The number of nitrogens with zero attached hydrogens (tertiary/aromatic N) is 5. The highest BCUT2D eigenvalue weighted by atomic mass is 35.5. The van der Waals surface area contributed by atoms with Crippen molar-refractivity contribution in [1.82, 2.24) is 19.7 Å². The van der Waals surface area contributed by atoms with Crippen LogP contribution in [-0.2, 0) is 4.74 Å². The van der Waals surface area contributed by atoms with Crippen LogP contribution < -0.4 is 10.6 Å². The van der Waals surface area contributed by atoms with E-state index in [1.54, 1.807) is 24.3 Å². The maximum atomic E-state index is 13.8. The minimum Gasteiger partial charge on any atom is -0.383 e. The number of hydrogen-bond acceptors (Lipinski definition) is 6. The average molecular weight is 425 g/mol. The molecule has 1 aliphatic rings. The summed E-state index contributed by atoms with van der Waals surface area (Å²) in [6.45, 7) is 2.59. The molecule has 1 saturated heterocycles. The van der Waals surface area contributed by atoms with Crippen LogP contribution in [0.15, 0.2) is 48.5 Å². The van der Waals surface area contributed by atoms with Crippen LogP contribution in [0.3, 0.4) is 0 Å². The molecule has 2 aromatic carbocycles. The average Bonchev–Trinajstić information content (AvgIpc) is 3.11. The first-order chi connectivity index (χ1) is 14.6. The molecule has 152 valence electrons. The number of benzene rings is 2. The smallest absolute Gasteiger partial charge is 0.228 e. The van der Waals surface area contributed by atoms with Gasteiger partial charge in [-0.25, -0.2) is 14.1 Å². The van der Waals surface area contributed by atoms with E-state index in [-0.39, 0.29) is 5.82 Å². The lowest BCUT2D eigenvalue weighted by atomic mass is 10.1. The van der Waals surface area contributed by atoms with E-state index in [4.69, 9.17) is 27.1 Å². The second-order valence-corrected chi connectivity index (χ2v) is 7.39. The maximum absolute atomic E-state index is 13.8. The summed E-state index contributed by atoms with van der Waals surface area (Å²) in [6.07, 6.45) is 0. The number of anilines is 2. The van der Waals surface area contributed by atoms with Gasteiger partial charge in [-0.1, -0.05) is 29.8 Å². The Kier molecular flexibility index (Phi) is 4.72. The van der Waals surface area contributed by atoms with Crippen molar-refractivity contribution < 1.29 is 9.13 Å². The van der Waals surface area contributed by atoms with Gasteiger partial charge in [0.25, 0.3) is 0 Å². The number of nitrogens with two attached hydrogens (primary N) is 1. The predicted molar refractivity (Wildman–Crippen MR) is 115 cm³/mol. The third-order valence-corrected chi connectivity index (χ3v) is 5.27. The van der Waals surface area contributed by atoms with Crippen molar-refractivity contribution in [1.29, 1.82) is 0 Å². The third kappa shape index (κ3) is 3.34. The van der Waals surface area contributed by atoms with Crippen LogP contribution in [-0.4, -0.2) is 46.1 Å². The minimum absolute atomic E-state index is 0.342. The predicted octanol–water partition coefficient (Wildman–Crippen LogP) is 3.69. The van der Waals surface area contributed by atoms with E-state index in [9.17, 15) is 4.39 Å². The number of fused-ring (bicyclic) bond motifs is 1. The molecule has 0 aliphatic carbocycles. The first kappa shape index (κ1) is 18.8. The molecule has 2 aromatic heterocycles. The summed E-state index contributed by atoms with van der Waals surface area (Å²) in [7, 11) is 0. The molecule has 0 spiro atoms. The summed E-state index contributed by atoms with van der Waals surface area (Å²) in [4.78, 5) is 11.5. The molecular formula is C21H18ClFN6O. The molecule has 0 bridgehead atoms. The zero-order valence-corrected chi connectivity index (χ0v) is 16.7. The van der Waals surface area contributed by atoms with Gasteiger partial charge < -0.3 is 15.4 Å². The summed E-state index contributed by atoms with van der Waals surface area (Å²) in [5.41, 5.74) is 8.90. The van der Waals surface area contributed by atoms with Crippen molar-refractivity contribution in [3.63, 3.8) is 0 Å². The molecule has 0 atom stereocenters. The second kappa shape index (κ2) is 7.55. The first-order valence-corrected chi connectivity index (χ1v) is 9.89.